The number of aryl methyl sites for hydroxylation is 3. The highest BCUT2D eigenvalue weighted by Gasteiger charge is 2.21. The van der Waals surface area contributed by atoms with E-state index in [2.05, 4.69) is 62.5 Å². The van der Waals surface area contributed by atoms with Gasteiger partial charge in [0.2, 0.25) is 0 Å². The Labute approximate surface area is 222 Å². The summed E-state index contributed by atoms with van der Waals surface area (Å²) in [5.74, 6) is -1.07. The van der Waals surface area contributed by atoms with Gasteiger partial charge in [0.15, 0.2) is 0 Å². The van der Waals surface area contributed by atoms with Gasteiger partial charge in [0, 0.05) is 39.2 Å². The van der Waals surface area contributed by atoms with Crippen molar-refractivity contribution in [2.24, 2.45) is 0 Å². The molecule has 3 aromatic heterocycles. The smallest absolute Gasteiger partial charge is 0.0723 e. The third-order valence-electron chi connectivity index (χ3n) is 7.90. The van der Waals surface area contributed by atoms with Crippen LogP contribution in [0.4, 0.5) is 0 Å². The summed E-state index contributed by atoms with van der Waals surface area (Å²) in [4.78, 5) is 28.6. The number of fused-ring (bicyclic) bond motifs is 8. The molecular formula is C32H33N4O2-. The van der Waals surface area contributed by atoms with E-state index >= 15 is 0 Å². The van der Waals surface area contributed by atoms with Gasteiger partial charge in [0.25, 0.3) is 0 Å². The van der Waals surface area contributed by atoms with E-state index in [-0.39, 0.29) is 6.42 Å². The lowest BCUT2D eigenvalue weighted by molar-refractivity contribution is -0.305. The predicted molar refractivity (Wildman–Crippen MR) is 155 cm³/mol. The van der Waals surface area contributed by atoms with Crippen LogP contribution in [0.3, 0.4) is 0 Å². The van der Waals surface area contributed by atoms with Gasteiger partial charge in [-0.15, -0.1) is 0 Å². The standard InChI is InChI=1S/C32H34N4O2/c1-8-21-18(5)27-15-30-22(9-2)17(4)26(34-30)14-28-19(6)23(10-11-31(37)38)32(36-28)20(7)25-12-16(3)24(33-25)13-29(21)35-27/h9,12-15,34-35H,2,8,10-11H2,1,3-7H3,(H,37,38)/p-1. The fraction of sp³-hybridized carbons (Fsp3) is 0.281. The molecule has 2 aliphatic rings. The molecule has 0 spiro atoms. The molecule has 0 aliphatic carbocycles. The molecule has 5 rings (SSSR count). The molecule has 3 aromatic rings. The Balaban J connectivity index is 1.96. The van der Waals surface area contributed by atoms with Crippen LogP contribution >= 0.6 is 0 Å². The number of aromatic nitrogens is 4. The zero-order valence-electron chi connectivity index (χ0n) is 22.9. The van der Waals surface area contributed by atoms with E-state index in [1.165, 1.54) is 11.1 Å². The van der Waals surface area contributed by atoms with Crippen molar-refractivity contribution in [3.05, 3.63) is 75.4 Å². The summed E-state index contributed by atoms with van der Waals surface area (Å²) >= 11 is 0. The summed E-state index contributed by atoms with van der Waals surface area (Å²) < 4.78 is 0. The molecule has 2 N–H and O–H groups in total. The van der Waals surface area contributed by atoms with Crippen molar-refractivity contribution in [2.45, 2.75) is 60.8 Å². The van der Waals surface area contributed by atoms with E-state index in [0.29, 0.717) is 6.42 Å². The highest BCUT2D eigenvalue weighted by atomic mass is 16.4. The number of nitrogens with zero attached hydrogens (tertiary/aromatic N) is 2. The monoisotopic (exact) mass is 505 g/mol. The van der Waals surface area contributed by atoms with Gasteiger partial charge in [-0.25, -0.2) is 9.97 Å². The Bertz CT molecular complexity index is 1740. The maximum Gasteiger partial charge on any atom is 0.0723 e. The second-order valence-electron chi connectivity index (χ2n) is 10.2. The van der Waals surface area contributed by atoms with Crippen LogP contribution < -0.4 is 5.11 Å². The van der Waals surface area contributed by atoms with Gasteiger partial charge >= 0.3 is 0 Å². The van der Waals surface area contributed by atoms with E-state index < -0.39 is 5.97 Å². The first-order chi connectivity index (χ1) is 18.1. The average Bonchev–Trinajstić information content (AvgIpc) is 3.57. The van der Waals surface area contributed by atoms with Gasteiger partial charge in [-0.3, -0.25) is 0 Å². The number of aromatic amines is 2. The Morgan fingerprint density at radius 3 is 2.29 bits per heavy atom. The number of hydrogen-bond acceptors (Lipinski definition) is 4. The minimum atomic E-state index is -1.07. The largest absolute Gasteiger partial charge is 0.550 e. The minimum Gasteiger partial charge on any atom is -0.550 e. The van der Waals surface area contributed by atoms with Crippen LogP contribution in [0.5, 0.6) is 0 Å². The van der Waals surface area contributed by atoms with Gasteiger partial charge in [-0.1, -0.05) is 19.6 Å². The van der Waals surface area contributed by atoms with Crippen LogP contribution in [0.2, 0.25) is 0 Å². The molecular weight excluding hydrogens is 472 g/mol. The summed E-state index contributed by atoms with van der Waals surface area (Å²) in [6.07, 6.45) is 5.16. The first-order valence-electron chi connectivity index (χ1n) is 13.1. The zero-order chi connectivity index (χ0) is 27.3. The minimum absolute atomic E-state index is 0.0614. The average molecular weight is 506 g/mol. The lowest BCUT2D eigenvalue weighted by atomic mass is 9.98. The maximum atomic E-state index is 11.4. The molecule has 6 nitrogen and oxygen atoms in total. The van der Waals surface area contributed by atoms with Crippen LogP contribution in [0.15, 0.2) is 24.8 Å². The van der Waals surface area contributed by atoms with Gasteiger partial charge < -0.3 is 19.9 Å². The topological polar surface area (TPSA) is 97.5 Å². The lowest BCUT2D eigenvalue weighted by Gasteiger charge is -2.07. The van der Waals surface area contributed by atoms with Gasteiger partial charge in [-0.2, -0.15) is 0 Å². The number of rotatable bonds is 5. The summed E-state index contributed by atoms with van der Waals surface area (Å²) in [5.41, 5.74) is 15.9. The number of nitrogens with one attached hydrogen (secondary N) is 2. The van der Waals surface area contributed by atoms with Crippen molar-refractivity contribution in [1.29, 1.82) is 0 Å². The fourth-order valence-electron chi connectivity index (χ4n) is 5.57. The molecule has 0 amide bonds. The normalized spacial score (nSPS) is 13.2. The fourth-order valence-corrected chi connectivity index (χ4v) is 5.57. The summed E-state index contributed by atoms with van der Waals surface area (Å²) in [5, 5.41) is 11.4. The molecule has 194 valence electrons. The molecule has 0 saturated heterocycles. The number of carbonyl (C=O) groups excluding carboxylic acids is 1. The Morgan fingerprint density at radius 2 is 1.61 bits per heavy atom. The number of aliphatic carboxylic acids is 1. The molecule has 0 unspecified atom stereocenters. The van der Waals surface area contributed by atoms with Crippen molar-refractivity contribution in [2.75, 3.05) is 0 Å². The van der Waals surface area contributed by atoms with Crippen molar-refractivity contribution >= 4 is 56.9 Å². The van der Waals surface area contributed by atoms with E-state index in [0.717, 1.165) is 84.7 Å². The third-order valence-corrected chi connectivity index (χ3v) is 7.90. The molecule has 2 aliphatic heterocycles. The Kier molecular flexibility index (Phi) is 6.43. The van der Waals surface area contributed by atoms with Crippen molar-refractivity contribution < 1.29 is 9.90 Å². The number of allylic oxidation sites excluding steroid dienone is 3. The van der Waals surface area contributed by atoms with Crippen molar-refractivity contribution in [1.82, 2.24) is 19.9 Å². The van der Waals surface area contributed by atoms with Crippen LogP contribution in [0.1, 0.15) is 84.2 Å². The van der Waals surface area contributed by atoms with Crippen molar-refractivity contribution in [3.8, 4) is 0 Å². The molecule has 5 heterocycles. The molecule has 0 aromatic carbocycles. The summed E-state index contributed by atoms with van der Waals surface area (Å²) in [6.45, 7) is 16.6. The number of carbonyl (C=O) groups is 1. The van der Waals surface area contributed by atoms with E-state index in [1.54, 1.807) is 0 Å². The van der Waals surface area contributed by atoms with E-state index in [9.17, 15) is 9.90 Å². The van der Waals surface area contributed by atoms with Crippen molar-refractivity contribution in [3.63, 3.8) is 0 Å². The first-order valence-corrected chi connectivity index (χ1v) is 13.1. The maximum absolute atomic E-state index is 11.4. The molecule has 0 atom stereocenters. The first kappa shape index (κ1) is 25.5. The summed E-state index contributed by atoms with van der Waals surface area (Å²) in [7, 11) is 0. The number of hydrogen-bond donors (Lipinski definition) is 2. The predicted octanol–water partition coefficient (Wildman–Crippen LogP) is 6.47. The molecule has 8 bridgehead atoms. The highest BCUT2D eigenvalue weighted by Crippen LogP contribution is 2.37. The molecule has 6 heteroatoms. The SMILES string of the molecule is C=Cc1c(C)c2cc3nc(c(C)c4nc(cc5[nH]c(cc1[nH]2)c(C)c5CC)C(C)=C4)C(CCC(=O)[O-])=C3C. The zero-order valence-corrected chi connectivity index (χ0v) is 22.9. The quantitative estimate of drug-likeness (QED) is 0.415. The molecule has 0 radical (unpaired) electrons. The molecule has 38 heavy (non-hydrogen) atoms. The van der Waals surface area contributed by atoms with Gasteiger partial charge in [0.1, 0.15) is 0 Å². The third kappa shape index (κ3) is 4.20. The van der Waals surface area contributed by atoms with E-state index in [1.807, 2.05) is 26.0 Å². The van der Waals surface area contributed by atoms with Crippen LogP contribution in [0.25, 0.3) is 50.9 Å². The van der Waals surface area contributed by atoms with Gasteiger partial charge in [-0.05, 0) is 112 Å². The van der Waals surface area contributed by atoms with Crippen LogP contribution in [0, 0.1) is 20.8 Å². The summed E-state index contributed by atoms with van der Waals surface area (Å²) in [6, 6.07) is 6.32. The lowest BCUT2D eigenvalue weighted by Crippen LogP contribution is -2.21. The second-order valence-corrected chi connectivity index (χ2v) is 10.2. The Hall–Kier alpha value is -4.19. The second kappa shape index (κ2) is 9.60. The number of carboxylic acids is 1. The number of H-pyrrole nitrogens is 2. The Morgan fingerprint density at radius 1 is 0.921 bits per heavy atom. The molecule has 0 fully saturated rings. The molecule has 0 saturated carbocycles. The van der Waals surface area contributed by atoms with Crippen LogP contribution in [-0.2, 0) is 11.2 Å². The van der Waals surface area contributed by atoms with Crippen LogP contribution in [-0.4, -0.2) is 25.9 Å². The highest BCUT2D eigenvalue weighted by molar-refractivity contribution is 5.95. The number of carboxylic acid groups (broad SMARTS) is 1. The van der Waals surface area contributed by atoms with E-state index in [4.69, 9.17) is 9.97 Å². The van der Waals surface area contributed by atoms with Gasteiger partial charge in [0.05, 0.1) is 22.8 Å².